The molecule has 0 aliphatic carbocycles. The molecule has 2 aliphatic heterocycles. The second kappa shape index (κ2) is 10.4. The molecule has 2 aliphatic rings. The average molecular weight is 467 g/mol. The van der Waals surface area contributed by atoms with E-state index in [9.17, 15) is 18.8 Å². The summed E-state index contributed by atoms with van der Waals surface area (Å²) in [4.78, 5) is 40.5. The van der Waals surface area contributed by atoms with Gasteiger partial charge in [-0.1, -0.05) is 23.8 Å². The molecule has 1 fully saturated rings. The summed E-state index contributed by atoms with van der Waals surface area (Å²) in [6, 6.07) is 12.2. The van der Waals surface area contributed by atoms with E-state index < -0.39 is 0 Å². The molecule has 4 rings (SSSR count). The van der Waals surface area contributed by atoms with E-state index in [0.717, 1.165) is 30.4 Å². The summed E-state index contributed by atoms with van der Waals surface area (Å²) in [5, 5.41) is 0. The third-order valence-electron chi connectivity index (χ3n) is 6.60. The summed E-state index contributed by atoms with van der Waals surface area (Å²) in [6.07, 6.45) is 3.33. The first kappa shape index (κ1) is 24.0. The van der Waals surface area contributed by atoms with Crippen LogP contribution in [-0.4, -0.2) is 53.7 Å². The highest BCUT2D eigenvalue weighted by molar-refractivity contribution is 6.21. The van der Waals surface area contributed by atoms with Crippen molar-refractivity contribution < 1.29 is 18.8 Å². The van der Waals surface area contributed by atoms with Crippen molar-refractivity contribution >= 4 is 17.7 Å². The van der Waals surface area contributed by atoms with Crippen LogP contribution in [0.1, 0.15) is 70.0 Å². The van der Waals surface area contributed by atoms with E-state index >= 15 is 0 Å². The number of nitrogens with zero attached hydrogens (tertiary/aromatic N) is 2. The van der Waals surface area contributed by atoms with Gasteiger partial charge in [0.1, 0.15) is 5.82 Å². The summed E-state index contributed by atoms with van der Waals surface area (Å²) < 4.78 is 13.5. The number of benzene rings is 2. The number of amides is 3. The maximum absolute atomic E-state index is 13.5. The summed E-state index contributed by atoms with van der Waals surface area (Å²) in [7, 11) is 1.78. The van der Waals surface area contributed by atoms with Crippen LogP contribution in [0.5, 0.6) is 0 Å². The van der Waals surface area contributed by atoms with E-state index in [1.807, 2.05) is 19.1 Å². The van der Waals surface area contributed by atoms with Gasteiger partial charge in [-0.15, -0.1) is 0 Å². The highest BCUT2D eigenvalue weighted by atomic mass is 19.1. The van der Waals surface area contributed by atoms with E-state index in [0.29, 0.717) is 24.1 Å². The van der Waals surface area contributed by atoms with Gasteiger partial charge in [0, 0.05) is 38.6 Å². The maximum Gasteiger partial charge on any atom is 0.261 e. The SMILES string of the molecule is Cc1ccc2c(c1)C(=O)N(CCCC(=O)N(C)CCCC1CC(c3cccc(F)c3)NN1)C2=O. The largest absolute Gasteiger partial charge is 0.346 e. The van der Waals surface area contributed by atoms with E-state index in [4.69, 9.17) is 0 Å². The van der Waals surface area contributed by atoms with E-state index in [-0.39, 0.29) is 48.6 Å². The fraction of sp³-hybridized carbons (Fsp3) is 0.423. The molecular formula is C26H31FN4O3. The van der Waals surface area contributed by atoms with Gasteiger partial charge in [0.2, 0.25) is 5.91 Å². The topological polar surface area (TPSA) is 81.8 Å². The van der Waals surface area contributed by atoms with Gasteiger partial charge in [-0.25, -0.2) is 4.39 Å². The lowest BCUT2D eigenvalue weighted by molar-refractivity contribution is -0.130. The van der Waals surface area contributed by atoms with Crippen molar-refractivity contribution in [3.05, 3.63) is 70.5 Å². The van der Waals surface area contributed by atoms with Crippen molar-refractivity contribution in [3.63, 3.8) is 0 Å². The molecule has 0 spiro atoms. The fourth-order valence-corrected chi connectivity index (χ4v) is 4.64. The van der Waals surface area contributed by atoms with E-state index in [1.165, 1.54) is 11.0 Å². The lowest BCUT2D eigenvalue weighted by Crippen LogP contribution is -2.33. The van der Waals surface area contributed by atoms with E-state index in [1.54, 1.807) is 36.2 Å². The molecule has 2 aromatic carbocycles. The summed E-state index contributed by atoms with van der Waals surface area (Å²) in [5.41, 5.74) is 9.24. The van der Waals surface area contributed by atoms with Crippen molar-refractivity contribution in [2.24, 2.45) is 0 Å². The van der Waals surface area contributed by atoms with Crippen LogP contribution in [0, 0.1) is 12.7 Å². The smallest absolute Gasteiger partial charge is 0.261 e. The van der Waals surface area contributed by atoms with Crippen LogP contribution in [0.2, 0.25) is 0 Å². The Morgan fingerprint density at radius 2 is 1.88 bits per heavy atom. The number of hydrogen-bond donors (Lipinski definition) is 2. The standard InChI is InChI=1S/C26H31FN4O3/c1-17-10-11-21-22(14-17)26(34)31(25(21)33)13-5-9-24(32)30(2)12-4-8-20-16-23(29-28-20)18-6-3-7-19(27)15-18/h3,6-7,10-11,14-15,20,23,28-29H,4-5,8-9,12-13,16H2,1-2H3. The molecule has 0 bridgehead atoms. The number of hydrazine groups is 1. The van der Waals surface area contributed by atoms with Crippen LogP contribution in [-0.2, 0) is 4.79 Å². The Labute approximate surface area is 199 Å². The molecular weight excluding hydrogens is 435 g/mol. The minimum Gasteiger partial charge on any atom is -0.346 e. The van der Waals surface area contributed by atoms with Crippen LogP contribution >= 0.6 is 0 Å². The first-order valence-corrected chi connectivity index (χ1v) is 11.8. The van der Waals surface area contributed by atoms with Gasteiger partial charge in [-0.2, -0.15) is 0 Å². The Morgan fingerprint density at radius 1 is 1.09 bits per heavy atom. The zero-order valence-electron chi connectivity index (χ0n) is 19.6. The molecule has 180 valence electrons. The number of aryl methyl sites for hydroxylation is 1. The number of imide groups is 1. The number of fused-ring (bicyclic) bond motifs is 1. The minimum absolute atomic E-state index is 0.00240. The molecule has 2 N–H and O–H groups in total. The molecule has 3 amide bonds. The van der Waals surface area contributed by atoms with Gasteiger partial charge in [0.25, 0.3) is 11.8 Å². The molecule has 2 atom stereocenters. The van der Waals surface area contributed by atoms with Gasteiger partial charge >= 0.3 is 0 Å². The van der Waals surface area contributed by atoms with Gasteiger partial charge in [-0.05, 0) is 62.4 Å². The molecule has 8 heteroatoms. The molecule has 34 heavy (non-hydrogen) atoms. The van der Waals surface area contributed by atoms with Crippen molar-refractivity contribution in [1.82, 2.24) is 20.7 Å². The fourth-order valence-electron chi connectivity index (χ4n) is 4.64. The number of halogens is 1. The monoisotopic (exact) mass is 466 g/mol. The van der Waals surface area contributed by atoms with Crippen molar-refractivity contribution in [2.45, 2.75) is 51.1 Å². The normalized spacial score (nSPS) is 19.6. The predicted octanol–water partition coefficient (Wildman–Crippen LogP) is 3.36. The zero-order valence-corrected chi connectivity index (χ0v) is 19.6. The molecule has 2 heterocycles. The Balaban J connectivity index is 1.15. The lowest BCUT2D eigenvalue weighted by atomic mass is 9.99. The zero-order chi connectivity index (χ0) is 24.2. The third-order valence-corrected chi connectivity index (χ3v) is 6.60. The molecule has 2 unspecified atom stereocenters. The van der Waals surface area contributed by atoms with Crippen LogP contribution in [0.3, 0.4) is 0 Å². The highest BCUT2D eigenvalue weighted by Gasteiger charge is 2.35. The number of carbonyl (C=O) groups is 3. The molecule has 1 saturated heterocycles. The quantitative estimate of drug-likeness (QED) is 0.554. The van der Waals surface area contributed by atoms with Crippen LogP contribution in [0.25, 0.3) is 0 Å². The van der Waals surface area contributed by atoms with Crippen LogP contribution in [0.15, 0.2) is 42.5 Å². The number of rotatable bonds is 9. The second-order valence-electron chi connectivity index (χ2n) is 9.20. The van der Waals surface area contributed by atoms with Gasteiger partial charge < -0.3 is 4.90 Å². The van der Waals surface area contributed by atoms with Crippen LogP contribution in [0.4, 0.5) is 4.39 Å². The van der Waals surface area contributed by atoms with Crippen molar-refractivity contribution in [2.75, 3.05) is 20.1 Å². The predicted molar refractivity (Wildman–Crippen MR) is 126 cm³/mol. The summed E-state index contributed by atoms with van der Waals surface area (Å²) in [6.45, 7) is 2.76. The van der Waals surface area contributed by atoms with E-state index in [2.05, 4.69) is 10.9 Å². The molecule has 0 radical (unpaired) electrons. The van der Waals surface area contributed by atoms with Gasteiger partial charge in [-0.3, -0.25) is 30.1 Å². The van der Waals surface area contributed by atoms with Crippen molar-refractivity contribution in [1.29, 1.82) is 0 Å². The number of carbonyl (C=O) groups excluding carboxylic acids is 3. The average Bonchev–Trinajstić information content (AvgIpc) is 3.37. The highest BCUT2D eigenvalue weighted by Crippen LogP contribution is 2.25. The third kappa shape index (κ3) is 5.34. The Hall–Kier alpha value is -3.10. The molecule has 0 aromatic heterocycles. The summed E-state index contributed by atoms with van der Waals surface area (Å²) >= 11 is 0. The Kier molecular flexibility index (Phi) is 7.38. The minimum atomic E-state index is -0.282. The first-order chi connectivity index (χ1) is 16.3. The van der Waals surface area contributed by atoms with Gasteiger partial charge in [0.05, 0.1) is 11.1 Å². The summed E-state index contributed by atoms with van der Waals surface area (Å²) in [5.74, 6) is -0.794. The van der Waals surface area contributed by atoms with Crippen molar-refractivity contribution in [3.8, 4) is 0 Å². The maximum atomic E-state index is 13.5. The second-order valence-corrected chi connectivity index (χ2v) is 9.20. The Bertz CT molecular complexity index is 1090. The number of hydrogen-bond acceptors (Lipinski definition) is 5. The molecule has 2 aromatic rings. The number of nitrogens with one attached hydrogen (secondary N) is 2. The van der Waals surface area contributed by atoms with Gasteiger partial charge in [0.15, 0.2) is 0 Å². The van der Waals surface area contributed by atoms with Crippen LogP contribution < -0.4 is 10.9 Å². The molecule has 0 saturated carbocycles. The first-order valence-electron chi connectivity index (χ1n) is 11.8. The Morgan fingerprint density at radius 3 is 2.68 bits per heavy atom. The lowest BCUT2D eigenvalue weighted by Gasteiger charge is -2.19. The molecule has 7 nitrogen and oxygen atoms in total.